The van der Waals surface area contributed by atoms with Crippen molar-refractivity contribution in [2.24, 2.45) is 0 Å². The molecule has 0 unspecified atom stereocenters. The van der Waals surface area contributed by atoms with Crippen molar-refractivity contribution < 1.29 is 18.3 Å². The number of aryl methyl sites for hydroxylation is 1. The predicted molar refractivity (Wildman–Crippen MR) is 73.9 cm³/mol. The van der Waals surface area contributed by atoms with Gasteiger partial charge in [-0.2, -0.15) is 5.26 Å². The van der Waals surface area contributed by atoms with E-state index < -0.39 is 15.8 Å². The zero-order valence-corrected chi connectivity index (χ0v) is 11.9. The first-order valence-corrected chi connectivity index (χ1v) is 8.01. The molecule has 6 heteroatoms. The molecule has 0 radical (unpaired) electrons. The molecule has 0 aromatic heterocycles. The third kappa shape index (κ3) is 5.41. The molecule has 0 bridgehead atoms. The van der Waals surface area contributed by atoms with Gasteiger partial charge in [-0.15, -0.1) is 0 Å². The topological polar surface area (TPSA) is 95.2 Å². The lowest BCUT2D eigenvalue weighted by atomic mass is 10.1. The number of rotatable bonds is 8. The Labute approximate surface area is 118 Å². The highest BCUT2D eigenvalue weighted by atomic mass is 32.2. The van der Waals surface area contributed by atoms with Gasteiger partial charge in [0.1, 0.15) is 0 Å². The van der Waals surface area contributed by atoms with Crippen molar-refractivity contribution in [3.63, 3.8) is 0 Å². The zero-order valence-electron chi connectivity index (χ0n) is 11.1. The fourth-order valence-electron chi connectivity index (χ4n) is 1.73. The average Bonchev–Trinajstić information content (AvgIpc) is 2.42. The van der Waals surface area contributed by atoms with Crippen LogP contribution in [0, 0.1) is 11.3 Å². The lowest BCUT2D eigenvalue weighted by Crippen LogP contribution is -2.07. The molecule has 108 valence electrons. The third-order valence-corrected chi connectivity index (χ3v) is 4.68. The minimum absolute atomic E-state index is 0.0280. The molecule has 0 fully saturated rings. The van der Waals surface area contributed by atoms with E-state index in [0.29, 0.717) is 25.7 Å². The highest BCUT2D eigenvalue weighted by molar-refractivity contribution is 7.91. The van der Waals surface area contributed by atoms with E-state index in [1.165, 1.54) is 12.1 Å². The minimum atomic E-state index is -3.31. The first-order chi connectivity index (χ1) is 9.45. The van der Waals surface area contributed by atoms with Crippen LogP contribution >= 0.6 is 0 Å². The molecule has 0 aliphatic rings. The average molecular weight is 295 g/mol. The summed E-state index contributed by atoms with van der Waals surface area (Å²) in [5.41, 5.74) is 0.802. The van der Waals surface area contributed by atoms with Gasteiger partial charge in [0.05, 0.1) is 16.7 Å². The van der Waals surface area contributed by atoms with Crippen molar-refractivity contribution in [2.45, 2.75) is 37.0 Å². The molecular weight excluding hydrogens is 278 g/mol. The molecule has 0 saturated heterocycles. The monoisotopic (exact) mass is 295 g/mol. The van der Waals surface area contributed by atoms with Crippen LogP contribution in [0.15, 0.2) is 29.2 Å². The largest absolute Gasteiger partial charge is 0.481 e. The summed E-state index contributed by atoms with van der Waals surface area (Å²) in [6.45, 7) is 0. The van der Waals surface area contributed by atoms with Crippen LogP contribution in [0.4, 0.5) is 0 Å². The van der Waals surface area contributed by atoms with Crippen LogP contribution < -0.4 is 0 Å². The summed E-state index contributed by atoms with van der Waals surface area (Å²) in [6, 6.07) is 8.29. The SMILES string of the molecule is N#CCCCCS(=O)(=O)c1ccc(CCC(=O)O)cc1. The summed E-state index contributed by atoms with van der Waals surface area (Å²) < 4.78 is 24.0. The lowest BCUT2D eigenvalue weighted by molar-refractivity contribution is -0.136. The summed E-state index contributed by atoms with van der Waals surface area (Å²) >= 11 is 0. The van der Waals surface area contributed by atoms with E-state index >= 15 is 0 Å². The number of aliphatic carboxylic acids is 1. The predicted octanol–water partition coefficient (Wildman–Crippen LogP) is 2.17. The van der Waals surface area contributed by atoms with Crippen LogP contribution in [0.5, 0.6) is 0 Å². The summed E-state index contributed by atoms with van der Waals surface area (Å²) in [5.74, 6) is -0.845. The number of benzene rings is 1. The standard InChI is InChI=1S/C14H17NO4S/c15-10-2-1-3-11-20(18,19)13-7-4-12(5-8-13)6-9-14(16)17/h4-5,7-8H,1-3,6,9,11H2,(H,16,17). The summed E-state index contributed by atoms with van der Waals surface area (Å²) in [6.07, 6.45) is 1.82. The lowest BCUT2D eigenvalue weighted by Gasteiger charge is -2.05. The molecule has 1 aromatic rings. The van der Waals surface area contributed by atoms with Crippen molar-refractivity contribution >= 4 is 15.8 Å². The first kappa shape index (κ1) is 16.2. The quantitative estimate of drug-likeness (QED) is 0.741. The van der Waals surface area contributed by atoms with Gasteiger partial charge in [0.2, 0.25) is 0 Å². The van der Waals surface area contributed by atoms with E-state index in [1.54, 1.807) is 12.1 Å². The minimum Gasteiger partial charge on any atom is -0.481 e. The Morgan fingerprint density at radius 2 is 1.85 bits per heavy atom. The Bertz CT molecular complexity index is 585. The molecule has 0 atom stereocenters. The number of nitrogens with zero attached hydrogens (tertiary/aromatic N) is 1. The number of carboxylic acid groups (broad SMARTS) is 1. The van der Waals surface area contributed by atoms with Gasteiger partial charge in [-0.05, 0) is 37.0 Å². The van der Waals surface area contributed by atoms with E-state index in [-0.39, 0.29) is 17.1 Å². The molecule has 1 aromatic carbocycles. The van der Waals surface area contributed by atoms with Gasteiger partial charge in [-0.25, -0.2) is 8.42 Å². The maximum Gasteiger partial charge on any atom is 0.303 e. The van der Waals surface area contributed by atoms with Crippen LogP contribution in [0.2, 0.25) is 0 Å². The van der Waals surface area contributed by atoms with Crippen LogP contribution in [0.3, 0.4) is 0 Å². The Balaban J connectivity index is 2.62. The van der Waals surface area contributed by atoms with Crippen molar-refractivity contribution in [3.05, 3.63) is 29.8 Å². The van der Waals surface area contributed by atoms with Gasteiger partial charge in [0.15, 0.2) is 9.84 Å². The molecule has 0 aliphatic heterocycles. The molecule has 0 spiro atoms. The van der Waals surface area contributed by atoms with Gasteiger partial charge >= 0.3 is 5.97 Å². The molecular formula is C14H17NO4S. The number of hydrogen-bond donors (Lipinski definition) is 1. The number of hydrogen-bond acceptors (Lipinski definition) is 4. The number of carbonyl (C=O) groups is 1. The number of carboxylic acids is 1. The molecule has 0 heterocycles. The third-order valence-electron chi connectivity index (χ3n) is 2.86. The summed E-state index contributed by atoms with van der Waals surface area (Å²) in [7, 11) is -3.31. The number of nitriles is 1. The van der Waals surface area contributed by atoms with Gasteiger partial charge in [0.25, 0.3) is 0 Å². The van der Waals surface area contributed by atoms with Gasteiger partial charge in [0, 0.05) is 12.8 Å². The Hall–Kier alpha value is -1.87. The van der Waals surface area contributed by atoms with E-state index in [1.807, 2.05) is 6.07 Å². The van der Waals surface area contributed by atoms with Crippen LogP contribution in [-0.4, -0.2) is 25.2 Å². The Morgan fingerprint density at radius 1 is 1.20 bits per heavy atom. The second-order valence-electron chi connectivity index (χ2n) is 4.47. The fraction of sp³-hybridized carbons (Fsp3) is 0.429. The summed E-state index contributed by atoms with van der Waals surface area (Å²) in [4.78, 5) is 10.7. The van der Waals surface area contributed by atoms with Gasteiger partial charge in [-0.1, -0.05) is 12.1 Å². The molecule has 1 rings (SSSR count). The van der Waals surface area contributed by atoms with Crippen molar-refractivity contribution in [1.82, 2.24) is 0 Å². The maximum absolute atomic E-state index is 12.0. The van der Waals surface area contributed by atoms with E-state index in [0.717, 1.165) is 5.56 Å². The Morgan fingerprint density at radius 3 is 2.40 bits per heavy atom. The first-order valence-electron chi connectivity index (χ1n) is 6.36. The molecule has 20 heavy (non-hydrogen) atoms. The second-order valence-corrected chi connectivity index (χ2v) is 6.58. The summed E-state index contributed by atoms with van der Waals surface area (Å²) in [5, 5.41) is 17.0. The molecule has 0 amide bonds. The highest BCUT2D eigenvalue weighted by Gasteiger charge is 2.13. The van der Waals surface area contributed by atoms with Crippen molar-refractivity contribution in [2.75, 3.05) is 5.75 Å². The molecule has 0 aliphatic carbocycles. The van der Waals surface area contributed by atoms with Crippen LogP contribution in [0.25, 0.3) is 0 Å². The molecule has 5 nitrogen and oxygen atoms in total. The number of unbranched alkanes of at least 4 members (excludes halogenated alkanes) is 2. The van der Waals surface area contributed by atoms with Gasteiger partial charge < -0.3 is 5.11 Å². The van der Waals surface area contributed by atoms with Crippen molar-refractivity contribution in [1.29, 1.82) is 5.26 Å². The fourth-order valence-corrected chi connectivity index (χ4v) is 3.10. The maximum atomic E-state index is 12.0. The van der Waals surface area contributed by atoms with E-state index in [9.17, 15) is 13.2 Å². The highest BCUT2D eigenvalue weighted by Crippen LogP contribution is 2.15. The second kappa shape index (κ2) is 7.65. The zero-order chi connectivity index (χ0) is 15.0. The number of sulfone groups is 1. The van der Waals surface area contributed by atoms with E-state index in [2.05, 4.69) is 0 Å². The van der Waals surface area contributed by atoms with Crippen molar-refractivity contribution in [3.8, 4) is 6.07 Å². The van der Waals surface area contributed by atoms with Gasteiger partial charge in [-0.3, -0.25) is 4.79 Å². The Kier molecular flexibility index (Phi) is 6.19. The van der Waals surface area contributed by atoms with Crippen LogP contribution in [0.1, 0.15) is 31.2 Å². The normalized spacial score (nSPS) is 10.9. The molecule has 0 saturated carbocycles. The van der Waals surface area contributed by atoms with Crippen LogP contribution in [-0.2, 0) is 21.1 Å². The van der Waals surface area contributed by atoms with E-state index in [4.69, 9.17) is 10.4 Å². The smallest absolute Gasteiger partial charge is 0.303 e. The molecule has 1 N–H and O–H groups in total.